The molecular formula is C28H37N3O6S2. The van der Waals surface area contributed by atoms with Gasteiger partial charge >= 0.3 is 0 Å². The van der Waals surface area contributed by atoms with E-state index in [1.165, 1.54) is 38.4 Å². The van der Waals surface area contributed by atoms with Crippen molar-refractivity contribution in [2.75, 3.05) is 7.11 Å². The predicted octanol–water partition coefficient (Wildman–Crippen LogP) is 4.45. The number of aryl methyl sites for hydroxylation is 1. The lowest BCUT2D eigenvalue weighted by Gasteiger charge is -2.26. The molecule has 2 heterocycles. The Balaban J connectivity index is 1.57. The number of ketones is 1. The second kappa shape index (κ2) is 9.36. The summed E-state index contributed by atoms with van der Waals surface area (Å²) in [4.78, 5) is 18.3. The fourth-order valence-electron chi connectivity index (χ4n) is 5.25. The predicted molar refractivity (Wildman–Crippen MR) is 149 cm³/mol. The van der Waals surface area contributed by atoms with Crippen LogP contribution in [0.5, 0.6) is 5.75 Å². The number of Topliss-reactive ketones (excluding diaryl/α,β-unsaturated/α-hetero) is 1. The van der Waals surface area contributed by atoms with Gasteiger partial charge in [-0.05, 0) is 96.8 Å². The topological polar surface area (TPSA) is 131 Å². The van der Waals surface area contributed by atoms with E-state index < -0.39 is 31.6 Å². The maximum Gasteiger partial charge on any atom is 0.213 e. The van der Waals surface area contributed by atoms with E-state index in [9.17, 15) is 23.4 Å². The number of aliphatic hydroxyl groups is 2. The minimum absolute atomic E-state index is 0.0768. The second-order valence-corrected chi connectivity index (χ2v) is 15.6. The number of imidazole rings is 1. The third-order valence-corrected chi connectivity index (χ3v) is 11.7. The van der Waals surface area contributed by atoms with Gasteiger partial charge in [-0.25, -0.2) is 17.9 Å². The first kappa shape index (κ1) is 28.2. The SMILES string of the molecule is COc1ccc(-c2c(C)nc3sc(C(O)(C4CC4)C4CC4)nn23)cc1S(=O)(=O)C(C)(C)C(=O)CCC(C)(C)O. The van der Waals surface area contributed by atoms with Gasteiger partial charge in [0.05, 0.1) is 24.1 Å². The van der Waals surface area contributed by atoms with Gasteiger partial charge in [0.1, 0.15) is 26.0 Å². The van der Waals surface area contributed by atoms with Crippen LogP contribution in [0, 0.1) is 18.8 Å². The molecule has 3 aromatic rings. The molecule has 0 atom stereocenters. The fraction of sp³-hybridized carbons (Fsp3) is 0.607. The van der Waals surface area contributed by atoms with Crippen LogP contribution >= 0.6 is 11.3 Å². The summed E-state index contributed by atoms with van der Waals surface area (Å²) in [6.45, 7) is 7.80. The lowest BCUT2D eigenvalue weighted by atomic mass is 9.93. The smallest absolute Gasteiger partial charge is 0.213 e. The van der Waals surface area contributed by atoms with Crippen LogP contribution in [0.25, 0.3) is 16.2 Å². The molecule has 0 aliphatic heterocycles. The lowest BCUT2D eigenvalue weighted by molar-refractivity contribution is -0.121. The number of ether oxygens (including phenoxy) is 1. The van der Waals surface area contributed by atoms with Gasteiger partial charge in [-0.1, -0.05) is 11.3 Å². The third-order valence-electron chi connectivity index (χ3n) is 8.15. The molecule has 39 heavy (non-hydrogen) atoms. The van der Waals surface area contributed by atoms with Gasteiger partial charge in [0, 0.05) is 12.0 Å². The number of nitrogens with zero attached hydrogens (tertiary/aromatic N) is 3. The molecule has 11 heteroatoms. The second-order valence-electron chi connectivity index (χ2n) is 12.1. The Hall–Kier alpha value is -2.34. The van der Waals surface area contributed by atoms with Crippen molar-refractivity contribution < 1.29 is 28.2 Å². The van der Waals surface area contributed by atoms with Crippen LogP contribution in [-0.4, -0.2) is 56.5 Å². The maximum absolute atomic E-state index is 13.9. The molecule has 5 rings (SSSR count). The van der Waals surface area contributed by atoms with Crippen molar-refractivity contribution in [3.63, 3.8) is 0 Å². The molecule has 9 nitrogen and oxygen atoms in total. The summed E-state index contributed by atoms with van der Waals surface area (Å²) < 4.78 is 33.3. The van der Waals surface area contributed by atoms with E-state index in [2.05, 4.69) is 0 Å². The zero-order chi connectivity index (χ0) is 28.5. The Morgan fingerprint density at radius 3 is 2.28 bits per heavy atom. The van der Waals surface area contributed by atoms with Gasteiger partial charge in [-0.2, -0.15) is 5.10 Å². The Bertz CT molecular complexity index is 1530. The standard InChI is InChI=1S/C28H37N3O6S2/c1-16-23(31-25(29-16)38-24(30-31)28(34,18-8-9-18)19-10-11-19)17-7-12-20(37-6)21(15-17)39(35,36)27(4,5)22(32)13-14-26(2,3)33/h7,12,15,18-19,33-34H,8-11,13-14H2,1-6H3. The molecule has 0 unspecified atom stereocenters. The average Bonchev–Trinajstić information content (AvgIpc) is 3.78. The van der Waals surface area contributed by atoms with Gasteiger partial charge in [0.2, 0.25) is 4.96 Å². The van der Waals surface area contributed by atoms with Crippen molar-refractivity contribution in [2.45, 2.75) is 94.0 Å². The van der Waals surface area contributed by atoms with Gasteiger partial charge in [0.15, 0.2) is 15.6 Å². The van der Waals surface area contributed by atoms with Crippen molar-refractivity contribution in [1.29, 1.82) is 0 Å². The highest BCUT2D eigenvalue weighted by Gasteiger charge is 2.56. The number of fused-ring (bicyclic) bond motifs is 1. The molecule has 0 spiro atoms. The van der Waals surface area contributed by atoms with Crippen LogP contribution in [0.4, 0.5) is 0 Å². The minimum atomic E-state index is -4.20. The first-order chi connectivity index (χ1) is 18.1. The van der Waals surface area contributed by atoms with E-state index in [1.807, 2.05) is 6.92 Å². The van der Waals surface area contributed by atoms with Crippen molar-refractivity contribution in [1.82, 2.24) is 14.6 Å². The minimum Gasteiger partial charge on any atom is -0.495 e. The van der Waals surface area contributed by atoms with E-state index in [0.717, 1.165) is 25.7 Å². The van der Waals surface area contributed by atoms with Crippen molar-refractivity contribution in [2.24, 2.45) is 11.8 Å². The first-order valence-corrected chi connectivity index (χ1v) is 15.7. The quantitative estimate of drug-likeness (QED) is 0.343. The molecule has 2 aromatic heterocycles. The number of methoxy groups -OCH3 is 1. The van der Waals surface area contributed by atoms with E-state index in [4.69, 9.17) is 14.8 Å². The lowest BCUT2D eigenvalue weighted by Crippen LogP contribution is -2.41. The summed E-state index contributed by atoms with van der Waals surface area (Å²) in [7, 11) is -2.80. The monoisotopic (exact) mass is 575 g/mol. The highest BCUT2D eigenvalue weighted by atomic mass is 32.2. The van der Waals surface area contributed by atoms with Crippen LogP contribution in [0.2, 0.25) is 0 Å². The molecular weight excluding hydrogens is 538 g/mol. The van der Waals surface area contributed by atoms with Crippen LogP contribution in [0.1, 0.15) is 76.9 Å². The van der Waals surface area contributed by atoms with Crippen LogP contribution in [-0.2, 0) is 20.2 Å². The van der Waals surface area contributed by atoms with Crippen molar-refractivity contribution >= 4 is 31.9 Å². The first-order valence-electron chi connectivity index (χ1n) is 13.4. The molecule has 2 aliphatic carbocycles. The summed E-state index contributed by atoms with van der Waals surface area (Å²) in [5.41, 5.74) is -0.145. The van der Waals surface area contributed by atoms with Crippen molar-refractivity contribution in [3.05, 3.63) is 28.9 Å². The van der Waals surface area contributed by atoms with Crippen molar-refractivity contribution in [3.8, 4) is 17.0 Å². The molecule has 0 radical (unpaired) electrons. The third kappa shape index (κ3) is 4.81. The number of aromatic nitrogens is 3. The van der Waals surface area contributed by atoms with Gasteiger partial charge < -0.3 is 14.9 Å². The molecule has 2 saturated carbocycles. The normalized spacial score (nSPS) is 17.1. The molecule has 2 fully saturated rings. The molecule has 1 aromatic carbocycles. The zero-order valence-corrected chi connectivity index (χ0v) is 24.9. The Morgan fingerprint density at radius 1 is 1.13 bits per heavy atom. The fourth-order valence-corrected chi connectivity index (χ4v) is 8.09. The van der Waals surface area contributed by atoms with Crippen LogP contribution < -0.4 is 4.74 Å². The summed E-state index contributed by atoms with van der Waals surface area (Å²) in [5, 5.41) is 27.2. The molecule has 0 amide bonds. The number of carbonyl (C=O) groups is 1. The van der Waals surface area contributed by atoms with Gasteiger partial charge in [-0.15, -0.1) is 0 Å². The van der Waals surface area contributed by atoms with Crippen LogP contribution in [0.15, 0.2) is 23.1 Å². The summed E-state index contributed by atoms with van der Waals surface area (Å²) in [5.74, 6) is 0.0959. The molecule has 212 valence electrons. The number of hydrogen-bond acceptors (Lipinski definition) is 9. The number of carbonyl (C=O) groups excluding carboxylic acids is 1. The Labute approximate surface area is 233 Å². The Morgan fingerprint density at radius 2 is 1.74 bits per heavy atom. The summed E-state index contributed by atoms with van der Waals surface area (Å²) >= 11 is 1.39. The molecule has 0 bridgehead atoms. The van der Waals surface area contributed by atoms with E-state index in [-0.39, 0.29) is 35.3 Å². The summed E-state index contributed by atoms with van der Waals surface area (Å²) in [6.07, 6.45) is 4.03. The van der Waals surface area contributed by atoms with E-state index in [0.29, 0.717) is 26.9 Å². The number of benzene rings is 1. The maximum atomic E-state index is 13.9. The molecule has 2 N–H and O–H groups in total. The molecule has 2 aliphatic rings. The largest absolute Gasteiger partial charge is 0.495 e. The highest BCUT2D eigenvalue weighted by molar-refractivity contribution is 7.93. The van der Waals surface area contributed by atoms with Gasteiger partial charge in [0.25, 0.3) is 0 Å². The number of hydrogen-bond donors (Lipinski definition) is 2. The Kier molecular flexibility index (Phi) is 6.77. The number of rotatable bonds is 11. The van der Waals surface area contributed by atoms with Crippen LogP contribution in [0.3, 0.4) is 0 Å². The van der Waals surface area contributed by atoms with E-state index >= 15 is 0 Å². The average molecular weight is 576 g/mol. The van der Waals surface area contributed by atoms with E-state index in [1.54, 1.807) is 30.5 Å². The van der Waals surface area contributed by atoms with Gasteiger partial charge in [-0.3, -0.25) is 4.79 Å². The summed E-state index contributed by atoms with van der Waals surface area (Å²) in [6, 6.07) is 4.85. The number of sulfone groups is 1. The highest BCUT2D eigenvalue weighted by Crippen LogP contribution is 2.58. The molecule has 0 saturated heterocycles. The zero-order valence-electron chi connectivity index (χ0n) is 23.3.